The molecule has 1 fully saturated rings. The standard InChI is InChI=1S/C13H22ClN3/c1-10-13(14)11(2)17(16-10)9-5-3-4-8-15-12-6-7-12/h12,15H,3-9H2,1-2H3. The van der Waals surface area contributed by atoms with Gasteiger partial charge in [0.15, 0.2) is 0 Å². The first-order valence-corrected chi connectivity index (χ1v) is 6.99. The number of aromatic nitrogens is 2. The molecule has 0 spiro atoms. The van der Waals surface area contributed by atoms with Gasteiger partial charge in [-0.2, -0.15) is 5.10 Å². The van der Waals surface area contributed by atoms with Crippen molar-refractivity contribution in [3.05, 3.63) is 16.4 Å². The molecule has 2 rings (SSSR count). The molecule has 1 heterocycles. The van der Waals surface area contributed by atoms with E-state index in [1.165, 1.54) is 38.6 Å². The van der Waals surface area contributed by atoms with Gasteiger partial charge < -0.3 is 5.32 Å². The van der Waals surface area contributed by atoms with Crippen molar-refractivity contribution < 1.29 is 0 Å². The monoisotopic (exact) mass is 255 g/mol. The Morgan fingerprint density at radius 2 is 2.06 bits per heavy atom. The third-order valence-electron chi connectivity index (χ3n) is 3.35. The molecule has 0 radical (unpaired) electrons. The molecular formula is C13H22ClN3. The van der Waals surface area contributed by atoms with Gasteiger partial charge >= 0.3 is 0 Å². The molecule has 1 N–H and O–H groups in total. The van der Waals surface area contributed by atoms with Crippen molar-refractivity contribution in [3.8, 4) is 0 Å². The van der Waals surface area contributed by atoms with E-state index < -0.39 is 0 Å². The molecule has 1 aromatic heterocycles. The van der Waals surface area contributed by atoms with Gasteiger partial charge in [0, 0.05) is 12.6 Å². The van der Waals surface area contributed by atoms with E-state index >= 15 is 0 Å². The lowest BCUT2D eigenvalue weighted by Crippen LogP contribution is -2.17. The summed E-state index contributed by atoms with van der Waals surface area (Å²) in [6, 6.07) is 0.838. The average Bonchev–Trinajstić information content (AvgIpc) is 3.09. The number of rotatable bonds is 7. The predicted molar refractivity (Wildman–Crippen MR) is 71.6 cm³/mol. The number of hydrogen-bond donors (Lipinski definition) is 1. The predicted octanol–water partition coefficient (Wildman–Crippen LogP) is 3.08. The maximum absolute atomic E-state index is 6.11. The summed E-state index contributed by atoms with van der Waals surface area (Å²) in [5.41, 5.74) is 2.04. The van der Waals surface area contributed by atoms with Crippen LogP contribution < -0.4 is 5.32 Å². The van der Waals surface area contributed by atoms with Gasteiger partial charge in [0.05, 0.1) is 16.4 Å². The fourth-order valence-corrected chi connectivity index (χ4v) is 2.19. The highest BCUT2D eigenvalue weighted by molar-refractivity contribution is 6.31. The summed E-state index contributed by atoms with van der Waals surface area (Å²) in [5, 5.41) is 8.79. The molecule has 0 saturated heterocycles. The Morgan fingerprint density at radius 1 is 1.29 bits per heavy atom. The van der Waals surface area contributed by atoms with Crippen LogP contribution in [0.1, 0.15) is 43.5 Å². The van der Waals surface area contributed by atoms with Crippen molar-refractivity contribution in [2.24, 2.45) is 0 Å². The molecule has 96 valence electrons. The van der Waals surface area contributed by atoms with Crippen LogP contribution in [0.2, 0.25) is 5.02 Å². The Kier molecular flexibility index (Phi) is 4.46. The van der Waals surface area contributed by atoms with Gasteiger partial charge in [0.2, 0.25) is 0 Å². The zero-order valence-corrected chi connectivity index (χ0v) is 11.6. The lowest BCUT2D eigenvalue weighted by molar-refractivity contribution is 0.519. The lowest BCUT2D eigenvalue weighted by Gasteiger charge is -2.05. The number of aryl methyl sites for hydroxylation is 2. The summed E-state index contributed by atoms with van der Waals surface area (Å²) in [6.07, 6.45) is 6.47. The molecular weight excluding hydrogens is 234 g/mol. The molecule has 1 aliphatic rings. The van der Waals surface area contributed by atoms with Gasteiger partial charge in [-0.25, -0.2) is 0 Å². The van der Waals surface area contributed by atoms with E-state index in [1.54, 1.807) is 0 Å². The normalized spacial score (nSPS) is 15.5. The third-order valence-corrected chi connectivity index (χ3v) is 3.90. The van der Waals surface area contributed by atoms with Crippen LogP contribution in [0.5, 0.6) is 0 Å². The summed E-state index contributed by atoms with van der Waals surface area (Å²) >= 11 is 6.11. The Hall–Kier alpha value is -0.540. The van der Waals surface area contributed by atoms with Crippen molar-refractivity contribution >= 4 is 11.6 Å². The minimum atomic E-state index is 0.820. The van der Waals surface area contributed by atoms with Crippen LogP contribution in [0.3, 0.4) is 0 Å². The van der Waals surface area contributed by atoms with Crippen LogP contribution in [0, 0.1) is 13.8 Å². The minimum Gasteiger partial charge on any atom is -0.314 e. The molecule has 17 heavy (non-hydrogen) atoms. The van der Waals surface area contributed by atoms with Gasteiger partial charge in [-0.3, -0.25) is 4.68 Å². The first-order valence-electron chi connectivity index (χ1n) is 6.61. The minimum absolute atomic E-state index is 0.820. The SMILES string of the molecule is Cc1nn(CCCCCNC2CC2)c(C)c1Cl. The molecule has 0 bridgehead atoms. The largest absolute Gasteiger partial charge is 0.314 e. The van der Waals surface area contributed by atoms with Gasteiger partial charge in [-0.1, -0.05) is 18.0 Å². The second-order valence-electron chi connectivity index (χ2n) is 5.00. The molecule has 1 aromatic rings. The quantitative estimate of drug-likeness (QED) is 0.759. The molecule has 1 aliphatic carbocycles. The second kappa shape index (κ2) is 5.87. The van der Waals surface area contributed by atoms with E-state index in [0.29, 0.717) is 0 Å². The maximum atomic E-state index is 6.11. The Labute approximate surface area is 109 Å². The van der Waals surface area contributed by atoms with Crippen molar-refractivity contribution in [1.29, 1.82) is 0 Å². The number of hydrogen-bond acceptors (Lipinski definition) is 2. The zero-order chi connectivity index (χ0) is 12.3. The fourth-order valence-electron chi connectivity index (χ4n) is 2.05. The number of unbranched alkanes of at least 4 members (excludes halogenated alkanes) is 2. The van der Waals surface area contributed by atoms with Crippen LogP contribution in [-0.2, 0) is 6.54 Å². The summed E-state index contributed by atoms with van der Waals surface area (Å²) < 4.78 is 2.03. The molecule has 0 amide bonds. The molecule has 0 unspecified atom stereocenters. The summed E-state index contributed by atoms with van der Waals surface area (Å²) in [4.78, 5) is 0. The van der Waals surface area contributed by atoms with Gasteiger partial charge in [0.25, 0.3) is 0 Å². The zero-order valence-electron chi connectivity index (χ0n) is 10.8. The summed E-state index contributed by atoms with van der Waals surface area (Å²) in [5.74, 6) is 0. The maximum Gasteiger partial charge on any atom is 0.0844 e. The van der Waals surface area contributed by atoms with E-state index in [-0.39, 0.29) is 0 Å². The van der Waals surface area contributed by atoms with E-state index in [2.05, 4.69) is 10.4 Å². The van der Waals surface area contributed by atoms with Crippen LogP contribution in [-0.4, -0.2) is 22.4 Å². The van der Waals surface area contributed by atoms with E-state index in [4.69, 9.17) is 11.6 Å². The van der Waals surface area contributed by atoms with Crippen LogP contribution in [0.4, 0.5) is 0 Å². The summed E-state index contributed by atoms with van der Waals surface area (Å²) in [6.45, 7) is 6.16. The number of nitrogens with one attached hydrogen (secondary N) is 1. The summed E-state index contributed by atoms with van der Waals surface area (Å²) in [7, 11) is 0. The third kappa shape index (κ3) is 3.71. The molecule has 0 aliphatic heterocycles. The fraction of sp³-hybridized carbons (Fsp3) is 0.769. The topological polar surface area (TPSA) is 29.9 Å². The molecule has 0 aromatic carbocycles. The first-order chi connectivity index (χ1) is 8.18. The van der Waals surface area contributed by atoms with Gasteiger partial charge in [0.1, 0.15) is 0 Å². The highest BCUT2D eigenvalue weighted by Crippen LogP contribution is 2.20. The van der Waals surface area contributed by atoms with Crippen molar-refractivity contribution in [1.82, 2.24) is 15.1 Å². The van der Waals surface area contributed by atoms with Crippen molar-refractivity contribution in [2.75, 3.05) is 6.54 Å². The first kappa shape index (κ1) is 12.9. The highest BCUT2D eigenvalue weighted by atomic mass is 35.5. The average molecular weight is 256 g/mol. The van der Waals surface area contributed by atoms with Crippen LogP contribution in [0.15, 0.2) is 0 Å². The van der Waals surface area contributed by atoms with Crippen LogP contribution >= 0.6 is 11.6 Å². The smallest absolute Gasteiger partial charge is 0.0844 e. The van der Waals surface area contributed by atoms with E-state index in [1.807, 2.05) is 18.5 Å². The van der Waals surface area contributed by atoms with Crippen LogP contribution in [0.25, 0.3) is 0 Å². The number of halogens is 1. The van der Waals surface area contributed by atoms with Crippen molar-refractivity contribution in [2.45, 2.75) is 58.5 Å². The second-order valence-corrected chi connectivity index (χ2v) is 5.37. The number of nitrogens with zero attached hydrogens (tertiary/aromatic N) is 2. The lowest BCUT2D eigenvalue weighted by atomic mass is 10.2. The highest BCUT2D eigenvalue weighted by Gasteiger charge is 2.19. The van der Waals surface area contributed by atoms with E-state index in [9.17, 15) is 0 Å². The Morgan fingerprint density at radius 3 is 2.65 bits per heavy atom. The van der Waals surface area contributed by atoms with Gasteiger partial charge in [-0.15, -0.1) is 0 Å². The molecule has 3 nitrogen and oxygen atoms in total. The molecule has 1 saturated carbocycles. The van der Waals surface area contributed by atoms with E-state index in [0.717, 1.165) is 29.0 Å². The Bertz CT molecular complexity index is 369. The molecule has 4 heteroatoms. The molecule has 0 atom stereocenters. The van der Waals surface area contributed by atoms with Gasteiger partial charge in [-0.05, 0) is 46.1 Å². The Balaban J connectivity index is 1.61. The van der Waals surface area contributed by atoms with Crippen molar-refractivity contribution in [3.63, 3.8) is 0 Å².